The molecule has 0 spiro atoms. The molecule has 22 heavy (non-hydrogen) atoms. The number of benzene rings is 1. The summed E-state index contributed by atoms with van der Waals surface area (Å²) in [6.07, 6.45) is 13.3. The number of nitrogens with one attached hydrogen (secondary N) is 1. The number of aliphatic hydroxyl groups excluding tert-OH is 1. The Labute approximate surface area is 136 Å². The number of unbranched alkanes of at least 4 members (excludes halogenated alkanes) is 3. The van der Waals surface area contributed by atoms with Gasteiger partial charge < -0.3 is 10.4 Å². The van der Waals surface area contributed by atoms with E-state index in [0.29, 0.717) is 6.04 Å². The third-order valence-electron chi connectivity index (χ3n) is 3.82. The molecule has 1 aromatic rings. The summed E-state index contributed by atoms with van der Waals surface area (Å²) in [6.45, 7) is 6.20. The summed E-state index contributed by atoms with van der Waals surface area (Å²) in [5.41, 5.74) is 1.16. The third kappa shape index (κ3) is 8.16. The van der Waals surface area contributed by atoms with Gasteiger partial charge in [0.2, 0.25) is 0 Å². The lowest BCUT2D eigenvalue weighted by Crippen LogP contribution is -2.39. The topological polar surface area (TPSA) is 32.3 Å². The Morgan fingerprint density at radius 1 is 1.18 bits per heavy atom. The molecular weight excluding hydrogens is 270 g/mol. The molecule has 0 radical (unpaired) electrons. The fraction of sp³-hybridized carbons (Fsp3) is 0.500. The molecular formula is C20H31NO. The first-order valence-electron chi connectivity index (χ1n) is 8.51. The standard InChI is InChI=1S/C20H31NO/c1-3-5-6-10-14-19(11-4-2)21-20(17-22)16-15-18-12-8-7-9-13-18/h4,7-9,12-13,15-16,19-22H,2-3,5-6,10-11,14,17H2,1H3/t19-,20-/m1/s1. The Hall–Kier alpha value is -1.38. The monoisotopic (exact) mass is 301 g/mol. The van der Waals surface area contributed by atoms with E-state index in [4.69, 9.17) is 0 Å². The molecule has 0 bridgehead atoms. The van der Waals surface area contributed by atoms with Crippen molar-refractivity contribution in [3.63, 3.8) is 0 Å². The van der Waals surface area contributed by atoms with E-state index >= 15 is 0 Å². The van der Waals surface area contributed by atoms with E-state index in [1.165, 1.54) is 25.7 Å². The quantitative estimate of drug-likeness (QED) is 0.438. The van der Waals surface area contributed by atoms with E-state index in [0.717, 1.165) is 18.4 Å². The number of aliphatic hydroxyl groups is 1. The highest BCUT2D eigenvalue weighted by Crippen LogP contribution is 2.10. The van der Waals surface area contributed by atoms with E-state index in [1.54, 1.807) is 0 Å². The maximum Gasteiger partial charge on any atom is 0.0620 e. The van der Waals surface area contributed by atoms with Gasteiger partial charge in [0.15, 0.2) is 0 Å². The van der Waals surface area contributed by atoms with Gasteiger partial charge >= 0.3 is 0 Å². The summed E-state index contributed by atoms with van der Waals surface area (Å²) in [7, 11) is 0. The van der Waals surface area contributed by atoms with Crippen LogP contribution in [0.4, 0.5) is 0 Å². The van der Waals surface area contributed by atoms with E-state index in [2.05, 4.69) is 43.1 Å². The van der Waals surface area contributed by atoms with Gasteiger partial charge in [-0.25, -0.2) is 0 Å². The summed E-state index contributed by atoms with van der Waals surface area (Å²) < 4.78 is 0. The van der Waals surface area contributed by atoms with Gasteiger partial charge in [0.1, 0.15) is 0 Å². The Morgan fingerprint density at radius 3 is 2.59 bits per heavy atom. The molecule has 122 valence electrons. The average Bonchev–Trinajstić information content (AvgIpc) is 2.56. The van der Waals surface area contributed by atoms with Crippen molar-refractivity contribution in [3.05, 3.63) is 54.6 Å². The van der Waals surface area contributed by atoms with Gasteiger partial charge in [0.25, 0.3) is 0 Å². The van der Waals surface area contributed by atoms with Gasteiger partial charge in [-0.1, -0.05) is 81.2 Å². The summed E-state index contributed by atoms with van der Waals surface area (Å²) in [6, 6.07) is 10.6. The van der Waals surface area contributed by atoms with Crippen molar-refractivity contribution in [1.82, 2.24) is 5.32 Å². The van der Waals surface area contributed by atoms with Crippen LogP contribution >= 0.6 is 0 Å². The van der Waals surface area contributed by atoms with Crippen molar-refractivity contribution in [2.45, 2.75) is 57.5 Å². The predicted octanol–water partition coefficient (Wildman–Crippen LogP) is 4.57. The Balaban J connectivity index is 2.48. The molecule has 0 amide bonds. The van der Waals surface area contributed by atoms with Gasteiger partial charge in [-0.2, -0.15) is 0 Å². The molecule has 1 aromatic carbocycles. The summed E-state index contributed by atoms with van der Waals surface area (Å²) in [5, 5.41) is 13.1. The van der Waals surface area contributed by atoms with Crippen LogP contribution in [0, 0.1) is 0 Å². The molecule has 2 atom stereocenters. The van der Waals surface area contributed by atoms with Crippen molar-refractivity contribution in [2.24, 2.45) is 0 Å². The molecule has 0 saturated carbocycles. The van der Waals surface area contributed by atoms with Crippen LogP contribution in [-0.4, -0.2) is 23.8 Å². The van der Waals surface area contributed by atoms with Gasteiger partial charge in [0, 0.05) is 12.1 Å². The maximum absolute atomic E-state index is 9.59. The fourth-order valence-corrected chi connectivity index (χ4v) is 2.55. The number of rotatable bonds is 12. The molecule has 0 aliphatic carbocycles. The summed E-state index contributed by atoms with van der Waals surface area (Å²) in [5.74, 6) is 0. The first kappa shape index (κ1) is 18.7. The molecule has 1 rings (SSSR count). The van der Waals surface area contributed by atoms with E-state index in [9.17, 15) is 5.11 Å². The maximum atomic E-state index is 9.59. The number of hydrogen-bond acceptors (Lipinski definition) is 2. The molecule has 2 nitrogen and oxygen atoms in total. The predicted molar refractivity (Wildman–Crippen MR) is 96.8 cm³/mol. The van der Waals surface area contributed by atoms with Gasteiger partial charge in [-0.05, 0) is 18.4 Å². The fourth-order valence-electron chi connectivity index (χ4n) is 2.55. The Kier molecular flexibility index (Phi) is 10.3. The average molecular weight is 301 g/mol. The van der Waals surface area contributed by atoms with Crippen molar-refractivity contribution >= 4 is 6.08 Å². The highest BCUT2D eigenvalue weighted by Gasteiger charge is 2.11. The van der Waals surface area contributed by atoms with Crippen LogP contribution in [0.5, 0.6) is 0 Å². The molecule has 2 heteroatoms. The molecule has 0 aliphatic heterocycles. The second-order valence-electron chi connectivity index (χ2n) is 5.80. The molecule has 0 fully saturated rings. The minimum Gasteiger partial charge on any atom is -0.394 e. The van der Waals surface area contributed by atoms with E-state index in [-0.39, 0.29) is 12.6 Å². The minimum absolute atomic E-state index is 0.00340. The van der Waals surface area contributed by atoms with E-state index < -0.39 is 0 Å². The van der Waals surface area contributed by atoms with Crippen LogP contribution in [0.2, 0.25) is 0 Å². The molecule has 0 aromatic heterocycles. The lowest BCUT2D eigenvalue weighted by molar-refractivity contribution is 0.251. The normalized spacial score (nSPS) is 14.1. The van der Waals surface area contributed by atoms with Gasteiger partial charge in [0.05, 0.1) is 6.61 Å². The molecule has 0 heterocycles. The minimum atomic E-state index is -0.00340. The van der Waals surface area contributed by atoms with Crippen LogP contribution in [0.25, 0.3) is 6.08 Å². The SMILES string of the molecule is C=CC[C@H](CCCCCC)N[C@H](C=Cc1ccccc1)CO. The largest absolute Gasteiger partial charge is 0.394 e. The van der Waals surface area contributed by atoms with Gasteiger partial charge in [-0.15, -0.1) is 6.58 Å². The lowest BCUT2D eigenvalue weighted by Gasteiger charge is -2.22. The zero-order valence-electron chi connectivity index (χ0n) is 13.9. The molecule has 0 unspecified atom stereocenters. The van der Waals surface area contributed by atoms with Crippen LogP contribution in [0.15, 0.2) is 49.1 Å². The van der Waals surface area contributed by atoms with Crippen molar-refractivity contribution in [2.75, 3.05) is 6.61 Å². The molecule has 2 N–H and O–H groups in total. The lowest BCUT2D eigenvalue weighted by atomic mass is 10.0. The summed E-state index contributed by atoms with van der Waals surface area (Å²) >= 11 is 0. The summed E-state index contributed by atoms with van der Waals surface area (Å²) in [4.78, 5) is 0. The zero-order chi connectivity index (χ0) is 16.0. The second-order valence-corrected chi connectivity index (χ2v) is 5.80. The molecule has 0 saturated heterocycles. The molecule has 0 aliphatic rings. The Morgan fingerprint density at radius 2 is 1.95 bits per heavy atom. The zero-order valence-corrected chi connectivity index (χ0v) is 13.9. The highest BCUT2D eigenvalue weighted by molar-refractivity contribution is 5.49. The smallest absolute Gasteiger partial charge is 0.0620 e. The van der Waals surface area contributed by atoms with Crippen LogP contribution < -0.4 is 5.32 Å². The third-order valence-corrected chi connectivity index (χ3v) is 3.82. The van der Waals surface area contributed by atoms with Crippen molar-refractivity contribution < 1.29 is 5.11 Å². The van der Waals surface area contributed by atoms with Crippen LogP contribution in [0.1, 0.15) is 51.0 Å². The van der Waals surface area contributed by atoms with Crippen molar-refractivity contribution in [1.29, 1.82) is 0 Å². The first-order chi connectivity index (χ1) is 10.8. The first-order valence-corrected chi connectivity index (χ1v) is 8.51. The Bertz CT molecular complexity index is 413. The van der Waals surface area contributed by atoms with Crippen LogP contribution in [-0.2, 0) is 0 Å². The van der Waals surface area contributed by atoms with E-state index in [1.807, 2.05) is 24.3 Å². The number of hydrogen-bond donors (Lipinski definition) is 2. The van der Waals surface area contributed by atoms with Crippen molar-refractivity contribution in [3.8, 4) is 0 Å². The van der Waals surface area contributed by atoms with Crippen LogP contribution in [0.3, 0.4) is 0 Å². The second kappa shape index (κ2) is 12.2. The van der Waals surface area contributed by atoms with Gasteiger partial charge in [-0.3, -0.25) is 0 Å². The highest BCUT2D eigenvalue weighted by atomic mass is 16.3.